The number of ether oxygens (including phenoxy) is 3. The Bertz CT molecular complexity index is 2230. The number of fused-ring (bicyclic) bond motifs is 2. The zero-order valence-corrected chi connectivity index (χ0v) is 31.0. The zero-order chi connectivity index (χ0) is 40.3. The van der Waals surface area contributed by atoms with E-state index >= 15 is 0 Å². The maximum atomic E-state index is 13.2. The van der Waals surface area contributed by atoms with Crippen molar-refractivity contribution in [3.8, 4) is 17.2 Å². The number of hydrogen-bond donors (Lipinski definition) is 4. The minimum absolute atomic E-state index is 0.0267. The first kappa shape index (κ1) is 39.8. The maximum absolute atomic E-state index is 13.2. The molecule has 288 valence electrons. The van der Waals surface area contributed by atoms with Crippen molar-refractivity contribution in [2.45, 2.75) is 72.3 Å². The number of carboxylic acids is 2. The van der Waals surface area contributed by atoms with Gasteiger partial charge in [-0.1, -0.05) is 70.2 Å². The Kier molecular flexibility index (Phi) is 11.8. The maximum Gasteiger partial charge on any atom is 0.345 e. The predicted octanol–water partition coefficient (Wildman–Crippen LogP) is 4.80. The summed E-state index contributed by atoms with van der Waals surface area (Å²) in [5.74, 6) is -7.61. The quantitative estimate of drug-likeness (QED) is 0.0797. The summed E-state index contributed by atoms with van der Waals surface area (Å²) in [5.41, 5.74) is 14.1. The van der Waals surface area contributed by atoms with Crippen molar-refractivity contribution < 1.29 is 53.2 Å². The van der Waals surface area contributed by atoms with E-state index < -0.39 is 65.3 Å². The fraction of sp³-hybridized carbons (Fsp3) is 0.317. The van der Waals surface area contributed by atoms with Crippen LogP contribution in [0.5, 0.6) is 17.2 Å². The fourth-order valence-corrected chi connectivity index (χ4v) is 6.83. The van der Waals surface area contributed by atoms with E-state index in [0.29, 0.717) is 40.9 Å². The number of aromatic nitrogens is 1. The monoisotopic (exact) mass is 753 g/mol. The molecular formula is C41H43N3O11. The fourth-order valence-electron chi connectivity index (χ4n) is 6.83. The van der Waals surface area contributed by atoms with Crippen LogP contribution in [-0.2, 0) is 37.1 Å². The van der Waals surface area contributed by atoms with Crippen molar-refractivity contribution in [1.82, 2.24) is 4.57 Å². The molecule has 0 bridgehead atoms. The highest BCUT2D eigenvalue weighted by atomic mass is 16.5. The van der Waals surface area contributed by atoms with Gasteiger partial charge < -0.3 is 40.5 Å². The molecule has 6 N–H and O–H groups in total. The first-order valence-corrected chi connectivity index (χ1v) is 17.7. The van der Waals surface area contributed by atoms with Crippen LogP contribution in [0.4, 0.5) is 0 Å². The lowest BCUT2D eigenvalue weighted by molar-refractivity contribution is -0.148. The van der Waals surface area contributed by atoms with E-state index in [0.717, 1.165) is 11.1 Å². The number of amides is 2. The molecule has 14 heteroatoms. The minimum atomic E-state index is -1.24. The molecule has 2 amide bonds. The molecule has 0 saturated heterocycles. The van der Waals surface area contributed by atoms with E-state index in [1.165, 1.54) is 6.07 Å². The van der Waals surface area contributed by atoms with Gasteiger partial charge in [0.15, 0.2) is 18.9 Å². The van der Waals surface area contributed by atoms with Crippen LogP contribution in [0.2, 0.25) is 0 Å². The summed E-state index contributed by atoms with van der Waals surface area (Å²) in [4.78, 5) is 74.4. The van der Waals surface area contributed by atoms with Gasteiger partial charge in [0.1, 0.15) is 17.2 Å². The first-order valence-electron chi connectivity index (χ1n) is 17.7. The highest BCUT2D eigenvalue weighted by molar-refractivity contribution is 6.45. The summed E-state index contributed by atoms with van der Waals surface area (Å²) in [6.07, 6.45) is 0.0147. The Labute approximate surface area is 316 Å². The first-order chi connectivity index (χ1) is 26.0. The number of benzene rings is 3. The summed E-state index contributed by atoms with van der Waals surface area (Å²) in [6.45, 7) is 8.28. The molecule has 14 nitrogen and oxygen atoms in total. The van der Waals surface area contributed by atoms with Gasteiger partial charge in [-0.05, 0) is 60.7 Å². The number of nitrogens with two attached hydrogens (primary N) is 2. The van der Waals surface area contributed by atoms with Crippen LogP contribution in [0.25, 0.3) is 16.5 Å². The number of aliphatic carboxylic acids is 2. The number of para-hydroxylation sites is 1. The van der Waals surface area contributed by atoms with Crippen molar-refractivity contribution >= 4 is 51.8 Å². The number of allylic oxidation sites excluding steroid dienone is 2. The van der Waals surface area contributed by atoms with E-state index in [-0.39, 0.29) is 29.2 Å². The largest absolute Gasteiger partial charge is 0.478 e. The highest BCUT2D eigenvalue weighted by Gasteiger charge is 2.36. The second kappa shape index (κ2) is 16.3. The minimum Gasteiger partial charge on any atom is -0.478 e. The van der Waals surface area contributed by atoms with Crippen molar-refractivity contribution in [3.05, 3.63) is 94.7 Å². The van der Waals surface area contributed by atoms with Crippen molar-refractivity contribution in [3.63, 3.8) is 0 Å². The van der Waals surface area contributed by atoms with Crippen molar-refractivity contribution in [2.75, 3.05) is 0 Å². The number of nitrogens with zero attached hydrogens (tertiary/aromatic N) is 1. The lowest BCUT2D eigenvalue weighted by atomic mass is 9.94. The van der Waals surface area contributed by atoms with Crippen LogP contribution < -0.4 is 25.7 Å². The number of hydrogen-bond acceptors (Lipinski definition) is 9. The lowest BCUT2D eigenvalue weighted by Gasteiger charge is -2.22. The number of rotatable bonds is 18. The third-order valence-corrected chi connectivity index (χ3v) is 9.57. The van der Waals surface area contributed by atoms with Crippen LogP contribution in [0.15, 0.2) is 66.7 Å². The van der Waals surface area contributed by atoms with Gasteiger partial charge in [-0.15, -0.1) is 0 Å². The van der Waals surface area contributed by atoms with Crippen molar-refractivity contribution in [1.29, 1.82) is 0 Å². The molecule has 1 aliphatic rings. The Morgan fingerprint density at radius 3 is 1.93 bits per heavy atom. The van der Waals surface area contributed by atoms with Crippen LogP contribution in [0.3, 0.4) is 0 Å². The molecule has 1 aromatic heterocycles. The Morgan fingerprint density at radius 1 is 0.745 bits per heavy atom. The number of carbonyl (C=O) groups is 6. The molecule has 0 radical (unpaired) electrons. The number of aryl methyl sites for hydroxylation is 1. The zero-order valence-electron chi connectivity index (χ0n) is 31.0. The SMILES string of the molecule is Cc1c(C(=O)C(N)=O)c2c(OC(C(=O)O)C(C)C)cccc2n1COc1ccccc1CCC1=CC(C(=O)C(N)=O)c2c(OC(C(=O)O)C(C)C)cccc21. The number of ketones is 2. The molecule has 0 saturated carbocycles. The summed E-state index contributed by atoms with van der Waals surface area (Å²) >= 11 is 0. The Hall–Kier alpha value is -6.44. The molecule has 5 rings (SSSR count). The average molecular weight is 754 g/mol. The summed E-state index contributed by atoms with van der Waals surface area (Å²) < 4.78 is 19.8. The Morgan fingerprint density at radius 2 is 1.33 bits per heavy atom. The number of carboxylic acid groups (broad SMARTS) is 2. The smallest absolute Gasteiger partial charge is 0.345 e. The average Bonchev–Trinajstić information content (AvgIpc) is 3.64. The van der Waals surface area contributed by atoms with Gasteiger partial charge in [0, 0.05) is 23.1 Å². The van der Waals surface area contributed by atoms with Gasteiger partial charge >= 0.3 is 11.9 Å². The van der Waals surface area contributed by atoms with Crippen LogP contribution in [0.1, 0.15) is 72.8 Å². The van der Waals surface area contributed by atoms with Gasteiger partial charge in [0.05, 0.1) is 22.4 Å². The van der Waals surface area contributed by atoms with Gasteiger partial charge in [-0.2, -0.15) is 0 Å². The van der Waals surface area contributed by atoms with Crippen molar-refractivity contribution in [2.24, 2.45) is 23.3 Å². The summed E-state index contributed by atoms with van der Waals surface area (Å²) in [5, 5.41) is 19.8. The van der Waals surface area contributed by atoms with Gasteiger partial charge in [0.2, 0.25) is 5.78 Å². The molecule has 3 atom stereocenters. The van der Waals surface area contributed by atoms with E-state index in [1.54, 1.807) is 87.7 Å². The molecular weight excluding hydrogens is 710 g/mol. The lowest BCUT2D eigenvalue weighted by Crippen LogP contribution is -2.33. The van der Waals surface area contributed by atoms with Crippen LogP contribution in [0, 0.1) is 18.8 Å². The van der Waals surface area contributed by atoms with E-state index in [1.807, 2.05) is 12.1 Å². The third kappa shape index (κ3) is 8.08. The molecule has 1 aliphatic carbocycles. The standard InChI is InChI=1S/C41H43N3O11/c1-20(2)36(40(49)50)54-29-14-8-11-25-24(18-26(32(25)29)34(45)38(42)47)17-16-23-10-6-7-13-28(23)53-19-44-22(5)31(35(46)39(43)48)33-27(44)12-9-15-30(33)55-37(21(3)4)41(51)52/h6-15,18,20-21,26,36-37H,16-17,19H2,1-5H3,(H2,42,47)(H2,43,48)(H,49,50)(H,51,52). The Balaban J connectivity index is 1.46. The number of carbonyl (C=O) groups excluding carboxylic acids is 4. The number of Topliss-reactive ketones (excluding diaryl/α,β-unsaturated/α-hetero) is 2. The van der Waals surface area contributed by atoms with E-state index in [2.05, 4.69) is 0 Å². The molecule has 3 unspecified atom stereocenters. The predicted molar refractivity (Wildman–Crippen MR) is 201 cm³/mol. The molecule has 0 spiro atoms. The van der Waals surface area contributed by atoms with Gasteiger partial charge in [-0.3, -0.25) is 19.2 Å². The molecule has 1 heterocycles. The molecule has 3 aromatic carbocycles. The molecule has 55 heavy (non-hydrogen) atoms. The summed E-state index contributed by atoms with van der Waals surface area (Å²) in [6, 6.07) is 17.1. The van der Waals surface area contributed by atoms with E-state index in [4.69, 9.17) is 25.7 Å². The molecule has 4 aromatic rings. The normalized spacial score (nSPS) is 14.6. The second-order valence-electron chi connectivity index (χ2n) is 14.0. The van der Waals surface area contributed by atoms with Crippen LogP contribution in [-0.4, -0.2) is 62.3 Å². The van der Waals surface area contributed by atoms with Gasteiger partial charge in [0.25, 0.3) is 17.6 Å². The second-order valence-corrected chi connectivity index (χ2v) is 14.0. The van der Waals surface area contributed by atoms with Gasteiger partial charge in [-0.25, -0.2) is 9.59 Å². The van der Waals surface area contributed by atoms with Crippen LogP contribution >= 0.6 is 0 Å². The third-order valence-electron chi connectivity index (χ3n) is 9.57. The summed E-state index contributed by atoms with van der Waals surface area (Å²) in [7, 11) is 0. The molecule has 0 fully saturated rings. The number of primary amides is 2. The topological polar surface area (TPSA) is 228 Å². The highest BCUT2D eigenvalue weighted by Crippen LogP contribution is 2.44. The van der Waals surface area contributed by atoms with E-state index in [9.17, 15) is 39.0 Å². The molecule has 0 aliphatic heterocycles.